The van der Waals surface area contributed by atoms with Gasteiger partial charge in [0.1, 0.15) is 0 Å². The van der Waals surface area contributed by atoms with Crippen LogP contribution in [0.5, 0.6) is 0 Å². The van der Waals surface area contributed by atoms with Gasteiger partial charge in [-0.15, -0.1) is 0 Å². The summed E-state index contributed by atoms with van der Waals surface area (Å²) in [5, 5.41) is 0. The molecule has 1 aliphatic heterocycles. The van der Waals surface area contributed by atoms with Crippen LogP contribution in [-0.4, -0.2) is 31.6 Å². The zero-order valence-electron chi connectivity index (χ0n) is 12.8. The monoisotopic (exact) mass is 282 g/mol. The molecule has 0 bridgehead atoms. The van der Waals surface area contributed by atoms with Crippen molar-refractivity contribution in [2.45, 2.75) is 52.2 Å². The predicted octanol–water partition coefficient (Wildman–Crippen LogP) is 2.76. The Bertz CT molecular complexity index is 368. The highest BCUT2D eigenvalue weighted by Gasteiger charge is 2.55. The van der Waals surface area contributed by atoms with Crippen LogP contribution in [0.25, 0.3) is 0 Å². The molecule has 1 heterocycles. The van der Waals surface area contributed by atoms with Crippen LogP contribution in [0, 0.1) is 23.2 Å². The Morgan fingerprint density at radius 2 is 1.75 bits per heavy atom. The molecular weight excluding hydrogens is 256 g/mol. The van der Waals surface area contributed by atoms with Gasteiger partial charge in [0.15, 0.2) is 5.79 Å². The van der Waals surface area contributed by atoms with Crippen LogP contribution in [0.15, 0.2) is 0 Å². The first-order valence-electron chi connectivity index (χ1n) is 7.92. The summed E-state index contributed by atoms with van der Waals surface area (Å²) in [4.78, 5) is 12.1. The van der Waals surface area contributed by atoms with Crippen molar-refractivity contribution in [3.8, 4) is 0 Å². The zero-order valence-corrected chi connectivity index (χ0v) is 12.8. The van der Waals surface area contributed by atoms with Gasteiger partial charge in [-0.3, -0.25) is 4.79 Å². The van der Waals surface area contributed by atoms with Crippen LogP contribution >= 0.6 is 0 Å². The lowest BCUT2D eigenvalue weighted by Crippen LogP contribution is -2.35. The van der Waals surface area contributed by atoms with Gasteiger partial charge in [-0.2, -0.15) is 0 Å². The summed E-state index contributed by atoms with van der Waals surface area (Å²) in [5.74, 6) is 1.39. The highest BCUT2D eigenvalue weighted by atomic mass is 16.7. The third kappa shape index (κ3) is 2.27. The Labute approximate surface area is 121 Å². The SMILES string of the molecule is CCOC(=O)C(C)(C)C1C[C@@H]2CC3(C[C@@H]2C1)OCCO3. The van der Waals surface area contributed by atoms with Crippen LogP contribution in [0.4, 0.5) is 0 Å². The summed E-state index contributed by atoms with van der Waals surface area (Å²) < 4.78 is 16.9. The molecule has 3 fully saturated rings. The quantitative estimate of drug-likeness (QED) is 0.747. The first-order valence-corrected chi connectivity index (χ1v) is 7.92. The summed E-state index contributed by atoms with van der Waals surface area (Å²) in [6.07, 6.45) is 4.22. The van der Waals surface area contributed by atoms with E-state index in [1.807, 2.05) is 20.8 Å². The minimum Gasteiger partial charge on any atom is -0.466 e. The van der Waals surface area contributed by atoms with Crippen molar-refractivity contribution in [2.24, 2.45) is 23.2 Å². The lowest BCUT2D eigenvalue weighted by Gasteiger charge is -2.31. The summed E-state index contributed by atoms with van der Waals surface area (Å²) in [6.45, 7) is 7.88. The summed E-state index contributed by atoms with van der Waals surface area (Å²) in [6, 6.07) is 0. The average molecular weight is 282 g/mol. The van der Waals surface area contributed by atoms with Crippen LogP contribution in [0.2, 0.25) is 0 Å². The molecule has 0 aromatic rings. The second-order valence-corrected chi connectivity index (χ2v) is 7.15. The van der Waals surface area contributed by atoms with E-state index in [0.717, 1.165) is 38.9 Å². The molecule has 3 aliphatic rings. The highest BCUT2D eigenvalue weighted by molar-refractivity contribution is 5.76. The molecule has 1 unspecified atom stereocenters. The van der Waals surface area contributed by atoms with E-state index in [2.05, 4.69) is 0 Å². The van der Waals surface area contributed by atoms with E-state index >= 15 is 0 Å². The Morgan fingerprint density at radius 1 is 1.20 bits per heavy atom. The number of hydrogen-bond acceptors (Lipinski definition) is 4. The van der Waals surface area contributed by atoms with Crippen molar-refractivity contribution < 1.29 is 19.0 Å². The third-order valence-corrected chi connectivity index (χ3v) is 5.62. The molecule has 114 valence electrons. The topological polar surface area (TPSA) is 44.8 Å². The molecule has 0 N–H and O–H groups in total. The molecule has 2 aliphatic carbocycles. The molecule has 1 saturated heterocycles. The second kappa shape index (κ2) is 4.99. The molecule has 2 saturated carbocycles. The van der Waals surface area contributed by atoms with Crippen molar-refractivity contribution in [1.82, 2.24) is 0 Å². The van der Waals surface area contributed by atoms with Gasteiger partial charge in [-0.1, -0.05) is 0 Å². The van der Waals surface area contributed by atoms with Gasteiger partial charge in [0, 0.05) is 12.8 Å². The zero-order chi connectivity index (χ0) is 14.4. The fourth-order valence-electron chi connectivity index (χ4n) is 4.40. The van der Waals surface area contributed by atoms with Crippen molar-refractivity contribution in [3.63, 3.8) is 0 Å². The molecule has 1 spiro atoms. The minimum atomic E-state index is -0.370. The van der Waals surface area contributed by atoms with Gasteiger partial charge in [0.25, 0.3) is 0 Å². The number of carbonyl (C=O) groups excluding carboxylic acids is 1. The number of ether oxygens (including phenoxy) is 3. The first kappa shape index (κ1) is 14.3. The molecule has 4 nitrogen and oxygen atoms in total. The largest absolute Gasteiger partial charge is 0.466 e. The Balaban J connectivity index is 1.63. The third-order valence-electron chi connectivity index (χ3n) is 5.62. The smallest absolute Gasteiger partial charge is 0.311 e. The van der Waals surface area contributed by atoms with E-state index in [1.54, 1.807) is 0 Å². The maximum Gasteiger partial charge on any atom is 0.311 e. The average Bonchev–Trinajstić information content (AvgIpc) is 3.05. The van der Waals surface area contributed by atoms with Gasteiger partial charge in [-0.05, 0) is 51.4 Å². The van der Waals surface area contributed by atoms with Crippen molar-refractivity contribution in [2.75, 3.05) is 19.8 Å². The highest BCUT2D eigenvalue weighted by Crippen LogP contribution is 2.57. The van der Waals surface area contributed by atoms with E-state index in [4.69, 9.17) is 14.2 Å². The summed E-state index contributed by atoms with van der Waals surface area (Å²) in [7, 11) is 0. The number of carbonyl (C=O) groups is 1. The summed E-state index contributed by atoms with van der Waals surface area (Å²) in [5.41, 5.74) is -0.370. The molecule has 3 rings (SSSR count). The fraction of sp³-hybridized carbons (Fsp3) is 0.938. The molecule has 0 aromatic heterocycles. The second-order valence-electron chi connectivity index (χ2n) is 7.15. The maximum atomic E-state index is 12.1. The molecule has 0 amide bonds. The Morgan fingerprint density at radius 3 is 2.25 bits per heavy atom. The van der Waals surface area contributed by atoms with Crippen LogP contribution in [0.3, 0.4) is 0 Å². The van der Waals surface area contributed by atoms with Gasteiger partial charge in [0.05, 0.1) is 25.2 Å². The van der Waals surface area contributed by atoms with E-state index < -0.39 is 0 Å². The maximum absolute atomic E-state index is 12.1. The van der Waals surface area contributed by atoms with E-state index in [-0.39, 0.29) is 17.2 Å². The Kier molecular flexibility index (Phi) is 3.57. The molecule has 20 heavy (non-hydrogen) atoms. The van der Waals surface area contributed by atoms with E-state index in [9.17, 15) is 4.79 Å². The van der Waals surface area contributed by atoms with Crippen molar-refractivity contribution >= 4 is 5.97 Å². The number of esters is 1. The Hall–Kier alpha value is -0.610. The number of rotatable bonds is 3. The molecule has 0 aromatic carbocycles. The molecule has 3 atom stereocenters. The number of fused-ring (bicyclic) bond motifs is 1. The normalized spacial score (nSPS) is 35.5. The van der Waals surface area contributed by atoms with Gasteiger partial charge >= 0.3 is 5.97 Å². The molecule has 4 heteroatoms. The van der Waals surface area contributed by atoms with Gasteiger partial charge in [0.2, 0.25) is 0 Å². The van der Waals surface area contributed by atoms with Gasteiger partial charge in [-0.25, -0.2) is 0 Å². The molecular formula is C16H26O4. The predicted molar refractivity (Wildman–Crippen MR) is 74.0 cm³/mol. The van der Waals surface area contributed by atoms with Crippen LogP contribution in [-0.2, 0) is 19.0 Å². The van der Waals surface area contributed by atoms with Crippen molar-refractivity contribution in [1.29, 1.82) is 0 Å². The van der Waals surface area contributed by atoms with E-state index in [0.29, 0.717) is 24.4 Å². The van der Waals surface area contributed by atoms with Crippen LogP contribution in [0.1, 0.15) is 46.5 Å². The molecule has 0 radical (unpaired) electrons. The van der Waals surface area contributed by atoms with Crippen molar-refractivity contribution in [3.05, 3.63) is 0 Å². The number of hydrogen-bond donors (Lipinski definition) is 0. The lowest BCUT2D eigenvalue weighted by molar-refractivity contribution is -0.160. The fourth-order valence-corrected chi connectivity index (χ4v) is 4.40. The van der Waals surface area contributed by atoms with Gasteiger partial charge < -0.3 is 14.2 Å². The first-order chi connectivity index (χ1) is 9.47. The summed E-state index contributed by atoms with van der Waals surface area (Å²) >= 11 is 0. The lowest BCUT2D eigenvalue weighted by atomic mass is 9.76. The standard InChI is InChI=1S/C16H26O4/c1-4-18-14(17)15(2,3)13-7-11-9-16(10-12(11)8-13)19-5-6-20-16/h11-13H,4-10H2,1-3H3/t11-,12+,13?. The van der Waals surface area contributed by atoms with E-state index in [1.165, 1.54) is 0 Å². The van der Waals surface area contributed by atoms with Crippen LogP contribution < -0.4 is 0 Å². The minimum absolute atomic E-state index is 0.0481.